The summed E-state index contributed by atoms with van der Waals surface area (Å²) in [6, 6.07) is 0. The third-order valence-electron chi connectivity index (χ3n) is 9.41. The summed E-state index contributed by atoms with van der Waals surface area (Å²) in [7, 11) is 0. The van der Waals surface area contributed by atoms with Crippen molar-refractivity contribution in [1.29, 1.82) is 0 Å². The van der Waals surface area contributed by atoms with Crippen LogP contribution >= 0.6 is 0 Å². The number of hydrogen-bond acceptors (Lipinski definition) is 0. The first-order valence-electron chi connectivity index (χ1n) is 13.2. The molecule has 0 unspecified atom stereocenters. The van der Waals surface area contributed by atoms with Crippen LogP contribution in [0.3, 0.4) is 0 Å². The van der Waals surface area contributed by atoms with Crippen LogP contribution in [0.15, 0.2) is 0 Å². The molecule has 0 nitrogen and oxygen atoms in total. The van der Waals surface area contributed by atoms with Gasteiger partial charge in [0.15, 0.2) is 0 Å². The van der Waals surface area contributed by atoms with E-state index in [9.17, 15) is 0 Å². The summed E-state index contributed by atoms with van der Waals surface area (Å²) in [6.07, 6.45) is 18.6. The molecular formula is C32H56Ca4. The summed E-state index contributed by atoms with van der Waals surface area (Å²) in [4.78, 5) is 0. The zero-order valence-electron chi connectivity index (χ0n) is 26.0. The van der Waals surface area contributed by atoms with E-state index in [4.69, 9.17) is 0 Å². The van der Waals surface area contributed by atoms with Crippen LogP contribution in [0.25, 0.3) is 0 Å². The minimum absolute atomic E-state index is 0. The Labute approximate surface area is 350 Å². The van der Waals surface area contributed by atoms with E-state index in [-0.39, 0.29) is 156 Å². The van der Waals surface area contributed by atoms with E-state index >= 15 is 0 Å². The molecule has 4 heteroatoms. The maximum absolute atomic E-state index is 4.19. The van der Waals surface area contributed by atoms with Crippen molar-refractivity contribution in [2.75, 3.05) is 0 Å². The van der Waals surface area contributed by atoms with Gasteiger partial charge >= 0.3 is 151 Å². The van der Waals surface area contributed by atoms with Crippen LogP contribution in [-0.4, -0.2) is 151 Å². The van der Waals surface area contributed by atoms with Crippen LogP contribution in [0.2, 0.25) is 0 Å². The molecule has 192 valence electrons. The maximum Gasteiger partial charge on any atom is 2.00 e. The standard InChI is InChI=1S/2C9H16.C8H14.C6H10.4Ca/c1-8(2)6-5-7-9(8,3)4;1-7-5-6-8(2)9(7,3)4;1-7-5-4-6-8(7,2)3;1-6-4-2-3-5-6;;;;/h2*7H,1,5-6H2,2-4H3;6-7H,1,4-5H2,2-3H3;2,6H,1,3-5H2;;;;/q4*-2;4*+2/t8-;2*7-;6-;;;;/m0110..../s1. The molecule has 4 aliphatic rings. The first-order valence-corrected chi connectivity index (χ1v) is 13.2. The van der Waals surface area contributed by atoms with Crippen molar-refractivity contribution in [3.8, 4) is 0 Å². The monoisotopic (exact) mass is 600 g/mol. The fourth-order valence-electron chi connectivity index (χ4n) is 4.76. The van der Waals surface area contributed by atoms with E-state index in [0.717, 1.165) is 5.92 Å². The van der Waals surface area contributed by atoms with Gasteiger partial charge in [0.1, 0.15) is 0 Å². The Morgan fingerprint density at radius 1 is 0.722 bits per heavy atom. The van der Waals surface area contributed by atoms with E-state index in [2.05, 4.69) is 102 Å². The molecule has 0 radical (unpaired) electrons. The zero-order valence-corrected chi connectivity index (χ0v) is 34.8. The molecule has 4 fully saturated rings. The van der Waals surface area contributed by atoms with Gasteiger partial charge in [-0.25, -0.2) is 6.42 Å². The first-order chi connectivity index (χ1) is 14.5. The van der Waals surface area contributed by atoms with Crippen molar-refractivity contribution >= 4 is 151 Å². The van der Waals surface area contributed by atoms with Crippen LogP contribution in [0.4, 0.5) is 0 Å². The van der Waals surface area contributed by atoms with Crippen LogP contribution in [0.5, 0.6) is 0 Å². The topological polar surface area (TPSA) is 0 Å². The van der Waals surface area contributed by atoms with Crippen LogP contribution in [0, 0.1) is 92.3 Å². The quantitative estimate of drug-likeness (QED) is 0.193. The molecule has 0 aromatic heterocycles. The molecule has 0 aromatic rings. The normalized spacial score (nSPS) is 32.8. The minimum Gasteiger partial charge on any atom is -0.343 e. The van der Waals surface area contributed by atoms with Gasteiger partial charge in [-0.2, -0.15) is 72.0 Å². The molecule has 0 amide bonds. The molecule has 0 saturated heterocycles. The van der Waals surface area contributed by atoms with Crippen molar-refractivity contribution in [3.63, 3.8) is 0 Å². The molecular weight excluding hydrogens is 545 g/mol. The third-order valence-corrected chi connectivity index (χ3v) is 9.41. The van der Waals surface area contributed by atoms with Crippen molar-refractivity contribution in [2.24, 2.45) is 39.4 Å². The van der Waals surface area contributed by atoms with Crippen LogP contribution < -0.4 is 0 Å². The van der Waals surface area contributed by atoms with E-state index in [1.54, 1.807) is 5.92 Å². The summed E-state index contributed by atoms with van der Waals surface area (Å²) in [6.45, 7) is 34.4. The van der Waals surface area contributed by atoms with Crippen molar-refractivity contribution in [3.05, 3.63) is 52.9 Å². The second-order valence-electron chi connectivity index (χ2n) is 13.0. The number of rotatable bonds is 0. The first kappa shape index (κ1) is 48.0. The average Bonchev–Trinajstić information content (AvgIpc) is 3.39. The van der Waals surface area contributed by atoms with Crippen molar-refractivity contribution in [1.82, 2.24) is 0 Å². The fraction of sp³-hybridized carbons (Fsp3) is 0.750. The second-order valence-corrected chi connectivity index (χ2v) is 13.0. The van der Waals surface area contributed by atoms with Crippen LogP contribution in [-0.2, 0) is 0 Å². The largest absolute Gasteiger partial charge is 2.00 e. The maximum atomic E-state index is 4.19. The van der Waals surface area contributed by atoms with Gasteiger partial charge in [-0.3, -0.25) is 0 Å². The Morgan fingerprint density at radius 2 is 1.28 bits per heavy atom. The molecule has 0 spiro atoms. The summed E-state index contributed by atoms with van der Waals surface area (Å²) in [5.41, 5.74) is 1.47. The van der Waals surface area contributed by atoms with Gasteiger partial charge in [0.2, 0.25) is 0 Å². The molecule has 0 heterocycles. The van der Waals surface area contributed by atoms with Gasteiger partial charge in [-0.1, -0.05) is 48.5 Å². The molecule has 0 N–H and O–H groups in total. The SMILES string of the molecule is [CH2-][C@@H]1CC[C-](C)C1(C)C.[CH2-][C@@H]1CC[CH-]C1(C)C.[CH2-][C@H]1C[CH-]CC1.[CH2-][C@]1(C)CC[CH-]C1(C)C.[Ca+2].[Ca+2].[Ca+2].[Ca+2]. The van der Waals surface area contributed by atoms with E-state index < -0.39 is 0 Å². The van der Waals surface area contributed by atoms with Crippen LogP contribution in [0.1, 0.15) is 113 Å². The van der Waals surface area contributed by atoms with Crippen molar-refractivity contribution < 1.29 is 0 Å². The number of hydrogen-bond donors (Lipinski definition) is 0. The Balaban J connectivity index is -0.000000184. The molecule has 4 atom stereocenters. The van der Waals surface area contributed by atoms with E-state index in [0.29, 0.717) is 28.1 Å². The summed E-state index contributed by atoms with van der Waals surface area (Å²) in [5, 5.41) is 0. The molecule has 4 rings (SSSR count). The Hall–Kier alpha value is 5.04. The van der Waals surface area contributed by atoms with E-state index in [1.165, 1.54) is 57.8 Å². The van der Waals surface area contributed by atoms with Gasteiger partial charge < -0.3 is 52.9 Å². The molecule has 4 saturated carbocycles. The van der Waals surface area contributed by atoms with Gasteiger partial charge in [0.25, 0.3) is 0 Å². The summed E-state index contributed by atoms with van der Waals surface area (Å²) in [5.74, 6) is 3.67. The minimum atomic E-state index is 0. The summed E-state index contributed by atoms with van der Waals surface area (Å²) >= 11 is 0. The van der Waals surface area contributed by atoms with Gasteiger partial charge in [-0.05, 0) is 0 Å². The van der Waals surface area contributed by atoms with Gasteiger partial charge in [-0.15, -0.1) is 25.7 Å². The Morgan fingerprint density at radius 3 is 1.39 bits per heavy atom. The molecule has 0 aliphatic heterocycles. The smallest absolute Gasteiger partial charge is 0.343 e. The molecule has 0 aromatic carbocycles. The molecule has 0 bridgehead atoms. The second kappa shape index (κ2) is 21.7. The molecule has 36 heavy (non-hydrogen) atoms. The zero-order chi connectivity index (χ0) is 24.8. The summed E-state index contributed by atoms with van der Waals surface area (Å²) < 4.78 is 0. The van der Waals surface area contributed by atoms with Gasteiger partial charge in [0, 0.05) is 0 Å². The fourth-order valence-corrected chi connectivity index (χ4v) is 4.76. The Kier molecular flexibility index (Phi) is 28.9. The van der Waals surface area contributed by atoms with Crippen molar-refractivity contribution in [2.45, 2.75) is 113 Å². The van der Waals surface area contributed by atoms with Gasteiger partial charge in [0.05, 0.1) is 0 Å². The van der Waals surface area contributed by atoms with E-state index in [1.807, 2.05) is 0 Å². The molecule has 4 aliphatic carbocycles. The third kappa shape index (κ3) is 16.2. The predicted molar refractivity (Wildman–Crippen MR) is 168 cm³/mol. The predicted octanol–water partition coefficient (Wildman–Crippen LogP) is 8.46. The average molecular weight is 601 g/mol. The Bertz CT molecular complexity index is 504.